The van der Waals surface area contributed by atoms with E-state index in [2.05, 4.69) is 31.4 Å². The number of aromatic nitrogens is 4. The van der Waals surface area contributed by atoms with Crippen molar-refractivity contribution < 1.29 is 4.79 Å². The second kappa shape index (κ2) is 8.00. The fourth-order valence-electron chi connectivity index (χ4n) is 2.28. The van der Waals surface area contributed by atoms with Crippen LogP contribution >= 0.6 is 50.7 Å². The summed E-state index contributed by atoms with van der Waals surface area (Å²) in [5.41, 5.74) is 1.61. The van der Waals surface area contributed by atoms with Gasteiger partial charge in [0.15, 0.2) is 5.82 Å². The average Bonchev–Trinajstić information content (AvgIpc) is 3.05. The lowest BCUT2D eigenvalue weighted by atomic mass is 10.2. The molecule has 0 aliphatic rings. The molecule has 0 saturated carbocycles. The Morgan fingerprint density at radius 1 is 1.12 bits per heavy atom. The van der Waals surface area contributed by atoms with E-state index < -0.39 is 0 Å². The van der Waals surface area contributed by atoms with Crippen LogP contribution in [-0.2, 0) is 17.9 Å². The van der Waals surface area contributed by atoms with Gasteiger partial charge in [-0.1, -0.05) is 40.9 Å². The van der Waals surface area contributed by atoms with E-state index in [-0.39, 0.29) is 12.5 Å². The van der Waals surface area contributed by atoms with Crippen LogP contribution in [0.4, 0.5) is 5.82 Å². The molecule has 0 fully saturated rings. The topological polar surface area (TPSA) is 64.7 Å². The van der Waals surface area contributed by atoms with Crippen molar-refractivity contribution in [1.82, 2.24) is 19.6 Å². The molecule has 26 heavy (non-hydrogen) atoms. The number of carbonyl (C=O) groups is 1. The van der Waals surface area contributed by atoms with Gasteiger partial charge < -0.3 is 5.32 Å². The van der Waals surface area contributed by atoms with Gasteiger partial charge in [-0.25, -0.2) is 0 Å². The third-order valence-corrected chi connectivity index (χ3v) is 5.19. The maximum absolute atomic E-state index is 12.2. The van der Waals surface area contributed by atoms with Crippen LogP contribution in [0.15, 0.2) is 35.1 Å². The molecule has 136 valence electrons. The van der Waals surface area contributed by atoms with Gasteiger partial charge >= 0.3 is 0 Å². The summed E-state index contributed by atoms with van der Waals surface area (Å²) in [6, 6.07) is 5.38. The number of nitrogens with zero attached hydrogens (tertiary/aromatic N) is 4. The highest BCUT2D eigenvalue weighted by molar-refractivity contribution is 9.10. The molecule has 0 radical (unpaired) electrons. The molecule has 0 unspecified atom stereocenters. The summed E-state index contributed by atoms with van der Waals surface area (Å²) < 4.78 is 3.84. The van der Waals surface area contributed by atoms with E-state index >= 15 is 0 Å². The summed E-state index contributed by atoms with van der Waals surface area (Å²) >= 11 is 21.3. The number of amides is 1. The van der Waals surface area contributed by atoms with Crippen molar-refractivity contribution >= 4 is 62.5 Å². The third-order valence-electron chi connectivity index (χ3n) is 3.50. The van der Waals surface area contributed by atoms with Crippen molar-refractivity contribution in [2.75, 3.05) is 5.32 Å². The van der Waals surface area contributed by atoms with Crippen LogP contribution in [0.2, 0.25) is 15.1 Å². The maximum Gasteiger partial charge on any atom is 0.247 e. The molecule has 2 aromatic heterocycles. The summed E-state index contributed by atoms with van der Waals surface area (Å²) in [6.07, 6.45) is 3.38. The molecule has 6 nitrogen and oxygen atoms in total. The van der Waals surface area contributed by atoms with Crippen LogP contribution < -0.4 is 5.32 Å². The SMILES string of the molecule is Cc1nn(CC(=O)Nc2nn(Cc3ccc(Cl)c(Cl)c3)cc2Br)cc1Cl. The summed E-state index contributed by atoms with van der Waals surface area (Å²) in [5.74, 6) is 0.162. The van der Waals surface area contributed by atoms with E-state index in [4.69, 9.17) is 34.8 Å². The van der Waals surface area contributed by atoms with Crippen LogP contribution in [0.5, 0.6) is 0 Å². The largest absolute Gasteiger partial charge is 0.307 e. The summed E-state index contributed by atoms with van der Waals surface area (Å²) in [7, 11) is 0. The lowest BCUT2D eigenvalue weighted by Crippen LogP contribution is -2.19. The molecule has 0 bridgehead atoms. The normalized spacial score (nSPS) is 11.0. The number of carbonyl (C=O) groups excluding carboxylic acids is 1. The van der Waals surface area contributed by atoms with Gasteiger partial charge in [-0.2, -0.15) is 10.2 Å². The van der Waals surface area contributed by atoms with Crippen molar-refractivity contribution in [3.8, 4) is 0 Å². The monoisotopic (exact) mass is 475 g/mol. The molecule has 1 aromatic carbocycles. The van der Waals surface area contributed by atoms with Crippen LogP contribution in [0, 0.1) is 6.92 Å². The first-order valence-corrected chi connectivity index (χ1v) is 9.41. The highest BCUT2D eigenvalue weighted by Gasteiger charge is 2.13. The van der Waals surface area contributed by atoms with Gasteiger partial charge in [0.1, 0.15) is 6.54 Å². The summed E-state index contributed by atoms with van der Waals surface area (Å²) in [5, 5.41) is 12.8. The molecule has 2 heterocycles. The van der Waals surface area contributed by atoms with E-state index in [0.717, 1.165) is 5.56 Å². The Morgan fingerprint density at radius 3 is 2.54 bits per heavy atom. The fourth-order valence-corrected chi connectivity index (χ4v) is 3.17. The molecule has 10 heteroatoms. The lowest BCUT2D eigenvalue weighted by Gasteiger charge is -2.04. The summed E-state index contributed by atoms with van der Waals surface area (Å²) in [6.45, 7) is 2.30. The molecular formula is C16H13BrCl3N5O. The van der Waals surface area contributed by atoms with Crippen LogP contribution in [0.25, 0.3) is 0 Å². The van der Waals surface area contributed by atoms with Crippen molar-refractivity contribution in [3.05, 3.63) is 61.4 Å². The number of rotatable bonds is 5. The molecule has 0 saturated heterocycles. The number of aryl methyl sites for hydroxylation is 1. The molecule has 3 aromatic rings. The molecule has 1 amide bonds. The second-order valence-electron chi connectivity index (χ2n) is 5.58. The van der Waals surface area contributed by atoms with E-state index in [1.165, 1.54) is 4.68 Å². The first-order valence-electron chi connectivity index (χ1n) is 7.48. The van der Waals surface area contributed by atoms with Crippen molar-refractivity contribution in [2.45, 2.75) is 20.0 Å². The number of benzene rings is 1. The number of nitrogens with one attached hydrogen (secondary N) is 1. The fraction of sp³-hybridized carbons (Fsp3) is 0.188. The Balaban J connectivity index is 1.67. The van der Waals surface area contributed by atoms with Crippen LogP contribution in [0.3, 0.4) is 0 Å². The van der Waals surface area contributed by atoms with Crippen molar-refractivity contribution in [2.24, 2.45) is 0 Å². The number of anilines is 1. The second-order valence-corrected chi connectivity index (χ2v) is 7.66. The smallest absolute Gasteiger partial charge is 0.247 e. The highest BCUT2D eigenvalue weighted by Crippen LogP contribution is 2.24. The van der Waals surface area contributed by atoms with Gasteiger partial charge in [-0.05, 0) is 40.5 Å². The minimum Gasteiger partial charge on any atom is -0.307 e. The van der Waals surface area contributed by atoms with Crippen molar-refractivity contribution in [1.29, 1.82) is 0 Å². The average molecular weight is 478 g/mol. The van der Waals surface area contributed by atoms with Crippen LogP contribution in [-0.4, -0.2) is 25.5 Å². The van der Waals surface area contributed by atoms with Crippen LogP contribution in [0.1, 0.15) is 11.3 Å². The molecule has 0 aliphatic carbocycles. The predicted molar refractivity (Wildman–Crippen MR) is 106 cm³/mol. The van der Waals surface area contributed by atoms with E-state index in [0.29, 0.717) is 37.6 Å². The predicted octanol–water partition coefficient (Wildman–Crippen LogP) is 4.80. The van der Waals surface area contributed by atoms with E-state index in [1.54, 1.807) is 36.1 Å². The number of halogens is 4. The Bertz CT molecular complexity index is 949. The Morgan fingerprint density at radius 2 is 1.88 bits per heavy atom. The molecule has 0 aliphatic heterocycles. The van der Waals surface area contributed by atoms with Gasteiger partial charge in [0.05, 0.1) is 31.8 Å². The first kappa shape index (κ1) is 19.2. The first-order chi connectivity index (χ1) is 12.3. The number of hydrogen-bond acceptors (Lipinski definition) is 3. The Labute approximate surface area is 173 Å². The lowest BCUT2D eigenvalue weighted by molar-refractivity contribution is -0.116. The third kappa shape index (κ3) is 4.59. The standard InChI is InChI=1S/C16H13BrCl3N5O/c1-9-14(20)7-25(22-9)8-15(26)21-16-11(17)6-24(23-16)5-10-2-3-12(18)13(19)4-10/h2-4,6-7H,5,8H2,1H3,(H,21,23,26). The molecule has 0 spiro atoms. The van der Waals surface area contributed by atoms with Gasteiger partial charge in [0, 0.05) is 12.4 Å². The minimum atomic E-state index is -0.260. The summed E-state index contributed by atoms with van der Waals surface area (Å²) in [4.78, 5) is 12.2. The van der Waals surface area contributed by atoms with Gasteiger partial charge in [-0.15, -0.1) is 0 Å². The van der Waals surface area contributed by atoms with Gasteiger partial charge in [-0.3, -0.25) is 14.2 Å². The molecular weight excluding hydrogens is 464 g/mol. The zero-order valence-electron chi connectivity index (χ0n) is 13.5. The Kier molecular flexibility index (Phi) is 5.92. The zero-order chi connectivity index (χ0) is 18.8. The molecule has 0 atom stereocenters. The minimum absolute atomic E-state index is 0.0413. The molecule has 3 rings (SSSR count). The van der Waals surface area contributed by atoms with Gasteiger partial charge in [0.25, 0.3) is 0 Å². The Hall–Kier alpha value is -1.54. The van der Waals surface area contributed by atoms with Crippen molar-refractivity contribution in [3.63, 3.8) is 0 Å². The van der Waals surface area contributed by atoms with E-state index in [1.807, 2.05) is 6.07 Å². The van der Waals surface area contributed by atoms with E-state index in [9.17, 15) is 4.79 Å². The highest BCUT2D eigenvalue weighted by atomic mass is 79.9. The maximum atomic E-state index is 12.2. The zero-order valence-corrected chi connectivity index (χ0v) is 17.4. The molecule has 1 N–H and O–H groups in total. The van der Waals surface area contributed by atoms with Gasteiger partial charge in [0.2, 0.25) is 5.91 Å². The quantitative estimate of drug-likeness (QED) is 0.574. The number of hydrogen-bond donors (Lipinski definition) is 1.